The zero-order valence-electron chi connectivity index (χ0n) is 14.8. The Hall–Kier alpha value is -2.67. The van der Waals surface area contributed by atoms with Gasteiger partial charge in [0, 0.05) is 22.7 Å². The van der Waals surface area contributed by atoms with E-state index in [9.17, 15) is 13.2 Å². The Morgan fingerprint density at radius 1 is 1.00 bits per heavy atom. The van der Waals surface area contributed by atoms with E-state index in [1.54, 1.807) is 16.8 Å². The van der Waals surface area contributed by atoms with E-state index in [0.29, 0.717) is 10.7 Å². The van der Waals surface area contributed by atoms with Crippen molar-refractivity contribution in [3.05, 3.63) is 59.1 Å². The van der Waals surface area contributed by atoms with Crippen LogP contribution in [0.1, 0.15) is 18.4 Å². The molecule has 2 heterocycles. The lowest BCUT2D eigenvalue weighted by atomic mass is 10.0. The highest BCUT2D eigenvalue weighted by molar-refractivity contribution is 6.30. The average molecular weight is 408 g/mol. The number of nitrogens with one attached hydrogen (secondary N) is 1. The summed E-state index contributed by atoms with van der Waals surface area (Å²) in [5.41, 5.74) is 3.53. The maximum atomic E-state index is 12.4. The van der Waals surface area contributed by atoms with Gasteiger partial charge in [-0.2, -0.15) is 5.10 Å². The number of nitrogens with zero attached hydrogens (tertiary/aromatic N) is 2. The van der Waals surface area contributed by atoms with E-state index >= 15 is 0 Å². The topological polar surface area (TPSA) is 39.1 Å². The maximum Gasteiger partial charge on any atom is 0.573 e. The number of aromatic nitrogens is 2. The highest BCUT2D eigenvalue weighted by Gasteiger charge is 2.31. The number of halogens is 4. The summed E-state index contributed by atoms with van der Waals surface area (Å²) in [6, 6.07) is 13.2. The largest absolute Gasteiger partial charge is 0.573 e. The maximum absolute atomic E-state index is 12.4. The fraction of sp³-hybridized carbons (Fsp3) is 0.250. The van der Waals surface area contributed by atoms with Crippen LogP contribution in [-0.4, -0.2) is 22.7 Å². The number of hydrogen-bond acceptors (Lipinski definition) is 3. The van der Waals surface area contributed by atoms with E-state index in [1.165, 1.54) is 12.1 Å². The van der Waals surface area contributed by atoms with Crippen molar-refractivity contribution in [3.63, 3.8) is 0 Å². The molecule has 146 valence electrons. The molecule has 0 saturated heterocycles. The van der Waals surface area contributed by atoms with Crippen LogP contribution < -0.4 is 10.1 Å². The van der Waals surface area contributed by atoms with Crippen molar-refractivity contribution in [2.45, 2.75) is 25.6 Å². The summed E-state index contributed by atoms with van der Waals surface area (Å²) >= 11 is 6.00. The fourth-order valence-electron chi connectivity index (χ4n) is 3.32. The smallest absolute Gasteiger partial charge is 0.406 e. The third-order valence-electron chi connectivity index (χ3n) is 4.56. The molecule has 0 bridgehead atoms. The summed E-state index contributed by atoms with van der Waals surface area (Å²) in [6.45, 7) is 0.814. The van der Waals surface area contributed by atoms with Crippen LogP contribution in [0.15, 0.2) is 48.5 Å². The molecule has 28 heavy (non-hydrogen) atoms. The fourth-order valence-corrected chi connectivity index (χ4v) is 3.44. The van der Waals surface area contributed by atoms with Crippen molar-refractivity contribution >= 4 is 17.4 Å². The normalized spacial score (nSPS) is 14.1. The van der Waals surface area contributed by atoms with Crippen molar-refractivity contribution < 1.29 is 17.9 Å². The summed E-state index contributed by atoms with van der Waals surface area (Å²) in [6.07, 6.45) is -1.78. The number of fused-ring (bicyclic) bond motifs is 1. The van der Waals surface area contributed by atoms with Gasteiger partial charge in [0.2, 0.25) is 0 Å². The minimum absolute atomic E-state index is 0.264. The minimum atomic E-state index is -4.71. The Kier molecular flexibility index (Phi) is 4.93. The van der Waals surface area contributed by atoms with Gasteiger partial charge in [-0.15, -0.1) is 13.2 Å². The van der Waals surface area contributed by atoms with Crippen LogP contribution in [0.25, 0.3) is 16.9 Å². The van der Waals surface area contributed by atoms with Crippen molar-refractivity contribution in [1.82, 2.24) is 9.78 Å². The average Bonchev–Trinajstić information content (AvgIpc) is 2.83. The molecule has 1 aliphatic heterocycles. The molecule has 0 unspecified atom stereocenters. The predicted molar refractivity (Wildman–Crippen MR) is 102 cm³/mol. The molecule has 0 fully saturated rings. The van der Waals surface area contributed by atoms with E-state index in [4.69, 9.17) is 16.7 Å². The third-order valence-corrected chi connectivity index (χ3v) is 4.81. The van der Waals surface area contributed by atoms with Gasteiger partial charge in [0.15, 0.2) is 0 Å². The molecule has 1 N–H and O–H groups in total. The van der Waals surface area contributed by atoms with Gasteiger partial charge in [0.05, 0.1) is 11.4 Å². The molecule has 0 spiro atoms. The number of anilines is 1. The molecule has 1 aromatic heterocycles. The molecule has 4 rings (SSSR count). The standard InChI is InChI=1S/C20H17ClF3N3O/c21-14-6-4-13(5-7-14)18-17-3-1-2-12-25-19(17)27(26-18)15-8-10-16(11-9-15)28-20(22,23)24/h4-11,25H,1-3,12H2. The van der Waals surface area contributed by atoms with Gasteiger partial charge in [0.25, 0.3) is 0 Å². The second kappa shape index (κ2) is 7.39. The van der Waals surface area contributed by atoms with Crippen LogP contribution >= 0.6 is 11.6 Å². The summed E-state index contributed by atoms with van der Waals surface area (Å²) < 4.78 is 42.9. The third kappa shape index (κ3) is 3.94. The molecule has 0 radical (unpaired) electrons. The van der Waals surface area contributed by atoms with E-state index in [2.05, 4.69) is 10.1 Å². The van der Waals surface area contributed by atoms with Gasteiger partial charge in [-0.05, 0) is 55.7 Å². The Morgan fingerprint density at radius 3 is 2.39 bits per heavy atom. The van der Waals surface area contributed by atoms with Gasteiger partial charge in [0.1, 0.15) is 11.6 Å². The minimum Gasteiger partial charge on any atom is -0.406 e. The van der Waals surface area contributed by atoms with E-state index in [1.807, 2.05) is 24.3 Å². The molecule has 0 atom stereocenters. The molecule has 2 aromatic carbocycles. The van der Waals surface area contributed by atoms with Gasteiger partial charge < -0.3 is 10.1 Å². The lowest BCUT2D eigenvalue weighted by molar-refractivity contribution is -0.274. The molecule has 3 aromatic rings. The SMILES string of the molecule is FC(F)(F)Oc1ccc(-n2nc(-c3ccc(Cl)cc3)c3c2NCCCC3)cc1. The van der Waals surface area contributed by atoms with Crippen molar-refractivity contribution in [2.75, 3.05) is 11.9 Å². The molecule has 1 aliphatic rings. The first-order valence-corrected chi connectivity index (χ1v) is 9.26. The van der Waals surface area contributed by atoms with Crippen LogP contribution in [-0.2, 0) is 6.42 Å². The molecule has 0 saturated carbocycles. The second-order valence-corrected chi connectivity index (χ2v) is 6.96. The summed E-state index contributed by atoms with van der Waals surface area (Å²) in [5, 5.41) is 8.81. The first-order chi connectivity index (χ1) is 13.4. The Morgan fingerprint density at radius 2 is 1.71 bits per heavy atom. The van der Waals surface area contributed by atoms with E-state index in [0.717, 1.165) is 48.4 Å². The quantitative estimate of drug-likeness (QED) is 0.592. The van der Waals surface area contributed by atoms with Crippen LogP contribution in [0.2, 0.25) is 5.02 Å². The van der Waals surface area contributed by atoms with Gasteiger partial charge in [-0.25, -0.2) is 4.68 Å². The van der Waals surface area contributed by atoms with Crippen LogP contribution in [0.5, 0.6) is 5.75 Å². The zero-order valence-corrected chi connectivity index (χ0v) is 15.5. The Bertz CT molecular complexity index is 966. The number of ether oxygens (including phenoxy) is 1. The molecule has 4 nitrogen and oxygen atoms in total. The molecular formula is C20H17ClF3N3O. The van der Waals surface area contributed by atoms with Crippen molar-refractivity contribution in [1.29, 1.82) is 0 Å². The van der Waals surface area contributed by atoms with E-state index in [-0.39, 0.29) is 5.75 Å². The first-order valence-electron chi connectivity index (χ1n) is 8.88. The summed E-state index contributed by atoms with van der Waals surface area (Å²) in [5.74, 6) is 0.604. The van der Waals surface area contributed by atoms with Gasteiger partial charge >= 0.3 is 6.36 Å². The van der Waals surface area contributed by atoms with Crippen LogP contribution in [0.3, 0.4) is 0 Å². The highest BCUT2D eigenvalue weighted by atomic mass is 35.5. The number of rotatable bonds is 3. The zero-order chi connectivity index (χ0) is 19.7. The Labute approximate surface area is 164 Å². The molecule has 0 aliphatic carbocycles. The number of alkyl halides is 3. The second-order valence-electron chi connectivity index (χ2n) is 6.52. The molecular weight excluding hydrogens is 391 g/mol. The first kappa shape index (κ1) is 18.7. The highest BCUT2D eigenvalue weighted by Crippen LogP contribution is 2.35. The van der Waals surface area contributed by atoms with Crippen LogP contribution in [0.4, 0.5) is 19.0 Å². The molecule has 8 heteroatoms. The van der Waals surface area contributed by atoms with Gasteiger partial charge in [-0.3, -0.25) is 0 Å². The van der Waals surface area contributed by atoms with Crippen molar-refractivity contribution in [3.8, 4) is 22.7 Å². The number of hydrogen-bond donors (Lipinski definition) is 1. The van der Waals surface area contributed by atoms with E-state index < -0.39 is 6.36 Å². The lowest BCUT2D eigenvalue weighted by Gasteiger charge is -2.11. The van der Waals surface area contributed by atoms with Crippen LogP contribution in [0, 0.1) is 0 Å². The predicted octanol–water partition coefficient (Wildman–Crippen LogP) is 5.84. The van der Waals surface area contributed by atoms with Gasteiger partial charge in [-0.1, -0.05) is 23.7 Å². The Balaban J connectivity index is 1.76. The summed E-state index contributed by atoms with van der Waals surface area (Å²) in [4.78, 5) is 0. The summed E-state index contributed by atoms with van der Waals surface area (Å²) in [7, 11) is 0. The lowest BCUT2D eigenvalue weighted by Crippen LogP contribution is -2.17. The monoisotopic (exact) mass is 407 g/mol. The number of benzene rings is 2. The van der Waals surface area contributed by atoms with Crippen molar-refractivity contribution in [2.24, 2.45) is 0 Å². The molecule has 0 amide bonds.